The molecule has 0 saturated carbocycles. The van der Waals surface area contributed by atoms with Gasteiger partial charge in [-0.25, -0.2) is 0 Å². The van der Waals surface area contributed by atoms with Gasteiger partial charge in [-0.2, -0.15) is 18.1 Å². The molecule has 0 aromatic heterocycles. The van der Waals surface area contributed by atoms with E-state index in [1.807, 2.05) is 0 Å². The molecule has 0 N–H and O–H groups in total. The molecule has 0 aromatic rings. The molecule has 0 bridgehead atoms. The summed E-state index contributed by atoms with van der Waals surface area (Å²) in [6.07, 6.45) is 4.23. The van der Waals surface area contributed by atoms with Gasteiger partial charge in [0.25, 0.3) is 0 Å². The van der Waals surface area contributed by atoms with Crippen molar-refractivity contribution >= 4 is 8.80 Å². The molecule has 0 heterocycles. The summed E-state index contributed by atoms with van der Waals surface area (Å²) in [5, 5.41) is 0. The number of rotatable bonds is 6. The van der Waals surface area contributed by atoms with Gasteiger partial charge in [0.2, 0.25) is 0 Å². The Morgan fingerprint density at radius 3 is 1.18 bits per heavy atom. The molecule has 0 unspecified atom stereocenters. The van der Waals surface area contributed by atoms with Crippen molar-refractivity contribution in [3.63, 3.8) is 0 Å². The Balaban J connectivity index is 0. The van der Waals surface area contributed by atoms with Gasteiger partial charge in [-0.15, -0.1) is 0 Å². The summed E-state index contributed by atoms with van der Waals surface area (Å²) in [7, 11) is 0.103. The predicted octanol–water partition coefficient (Wildman–Crippen LogP) is 0.715. The van der Waals surface area contributed by atoms with E-state index in [4.69, 9.17) is 0 Å². The molecule has 0 rings (SSSR count). The van der Waals surface area contributed by atoms with Crippen molar-refractivity contribution in [3.05, 3.63) is 0 Å². The van der Waals surface area contributed by atoms with E-state index < -0.39 is 0 Å². The summed E-state index contributed by atoms with van der Waals surface area (Å²) in [6, 6.07) is 4.64. The summed E-state index contributed by atoms with van der Waals surface area (Å²) in [4.78, 5) is 0. The molecule has 0 nitrogen and oxygen atoms in total. The fourth-order valence-corrected chi connectivity index (χ4v) is 4.31. The Bertz CT molecular complexity index is 52.3. The minimum Gasteiger partial charge on any atom is -0.260 e. The summed E-state index contributed by atoms with van der Waals surface area (Å²) in [5.74, 6) is 0. The van der Waals surface area contributed by atoms with E-state index in [0.717, 1.165) is 0 Å². The van der Waals surface area contributed by atoms with Crippen LogP contribution in [-0.2, 0) is 0 Å². The second-order valence-electron chi connectivity index (χ2n) is 3.00. The fourth-order valence-electron chi connectivity index (χ4n) is 1.44. The zero-order chi connectivity index (χ0) is 7.82. The Morgan fingerprint density at radius 2 is 1.00 bits per heavy atom. The van der Waals surface area contributed by atoms with Crippen molar-refractivity contribution in [2.24, 2.45) is 0 Å². The minimum absolute atomic E-state index is 0. The largest absolute Gasteiger partial charge is 1.00 e. The standard InChI is InChI=1S/C9H21Si.Na/c1-4-7-10(8-5-2)9-6-3;/h4-9H2,1-3H3;/q-1;+1. The maximum Gasteiger partial charge on any atom is 1.00 e. The maximum absolute atomic E-state index is 2.32. The van der Waals surface area contributed by atoms with Gasteiger partial charge in [-0.05, 0) is 0 Å². The van der Waals surface area contributed by atoms with E-state index in [1.54, 1.807) is 18.1 Å². The summed E-state index contributed by atoms with van der Waals surface area (Å²) >= 11 is 0. The molecule has 2 heteroatoms. The van der Waals surface area contributed by atoms with Gasteiger partial charge in [-0.3, -0.25) is 8.80 Å². The third-order valence-electron chi connectivity index (χ3n) is 1.81. The molecular weight excluding hydrogens is 159 g/mol. The Labute approximate surface area is 96.0 Å². The second-order valence-corrected chi connectivity index (χ2v) is 6.00. The molecule has 0 fully saturated rings. The normalized spacial score (nSPS) is 9.82. The van der Waals surface area contributed by atoms with Crippen molar-refractivity contribution in [3.8, 4) is 0 Å². The molecule has 0 saturated heterocycles. The first-order chi connectivity index (χ1) is 4.85. The maximum atomic E-state index is 2.32. The van der Waals surface area contributed by atoms with Gasteiger partial charge in [0.15, 0.2) is 0 Å². The zero-order valence-electron chi connectivity index (χ0n) is 8.74. The van der Waals surface area contributed by atoms with Gasteiger partial charge in [-0.1, -0.05) is 40.0 Å². The molecule has 0 aliphatic rings. The van der Waals surface area contributed by atoms with Crippen LogP contribution < -0.4 is 29.6 Å². The molecule has 0 atom stereocenters. The summed E-state index contributed by atoms with van der Waals surface area (Å²) in [6.45, 7) is 6.95. The Morgan fingerprint density at radius 1 is 0.727 bits per heavy atom. The van der Waals surface area contributed by atoms with Crippen molar-refractivity contribution in [2.45, 2.75) is 58.2 Å². The topological polar surface area (TPSA) is 0 Å². The van der Waals surface area contributed by atoms with Gasteiger partial charge in [0, 0.05) is 0 Å². The molecule has 11 heavy (non-hydrogen) atoms. The summed E-state index contributed by atoms with van der Waals surface area (Å²) in [5.41, 5.74) is 0. The molecule has 0 aliphatic carbocycles. The van der Waals surface area contributed by atoms with Crippen LogP contribution >= 0.6 is 0 Å². The smallest absolute Gasteiger partial charge is 0.260 e. The molecule has 0 amide bonds. The quantitative estimate of drug-likeness (QED) is 0.528. The Hall–Kier alpha value is 1.22. The van der Waals surface area contributed by atoms with Crippen molar-refractivity contribution in [1.82, 2.24) is 0 Å². The van der Waals surface area contributed by atoms with Gasteiger partial charge in [0.05, 0.1) is 0 Å². The van der Waals surface area contributed by atoms with Crippen LogP contribution in [-0.4, -0.2) is 8.80 Å². The molecule has 0 radical (unpaired) electrons. The first kappa shape index (κ1) is 14.7. The van der Waals surface area contributed by atoms with Crippen molar-refractivity contribution < 1.29 is 29.6 Å². The first-order valence-electron chi connectivity index (χ1n) is 4.68. The van der Waals surface area contributed by atoms with Crippen LogP contribution in [0.15, 0.2) is 0 Å². The second kappa shape index (κ2) is 11.2. The van der Waals surface area contributed by atoms with E-state index in [2.05, 4.69) is 20.8 Å². The molecule has 0 aromatic carbocycles. The van der Waals surface area contributed by atoms with Crippen LogP contribution in [0, 0.1) is 0 Å². The van der Waals surface area contributed by atoms with Crippen LogP contribution in [0.1, 0.15) is 40.0 Å². The third-order valence-corrected chi connectivity index (χ3v) is 5.43. The Kier molecular flexibility index (Phi) is 15.0. The van der Waals surface area contributed by atoms with Crippen LogP contribution in [0.3, 0.4) is 0 Å². The molecular formula is C9H21NaSi. The predicted molar refractivity (Wildman–Crippen MR) is 51.0 cm³/mol. The fraction of sp³-hybridized carbons (Fsp3) is 1.00. The van der Waals surface area contributed by atoms with Gasteiger partial charge in [0.1, 0.15) is 0 Å². The monoisotopic (exact) mass is 180 g/mol. The molecule has 62 valence electrons. The van der Waals surface area contributed by atoms with E-state index in [0.29, 0.717) is 0 Å². The van der Waals surface area contributed by atoms with Crippen LogP contribution in [0.5, 0.6) is 0 Å². The van der Waals surface area contributed by atoms with Crippen LogP contribution in [0.2, 0.25) is 18.1 Å². The van der Waals surface area contributed by atoms with Crippen molar-refractivity contribution in [1.29, 1.82) is 0 Å². The average molecular weight is 180 g/mol. The molecule has 0 aliphatic heterocycles. The van der Waals surface area contributed by atoms with Crippen LogP contribution in [0.25, 0.3) is 0 Å². The average Bonchev–Trinajstić information content (AvgIpc) is 1.90. The SMILES string of the molecule is CCC[Si-](CCC)CCC.[Na+]. The van der Waals surface area contributed by atoms with Gasteiger partial charge >= 0.3 is 29.6 Å². The third kappa shape index (κ3) is 9.13. The van der Waals surface area contributed by atoms with Gasteiger partial charge < -0.3 is 0 Å². The number of hydrogen-bond donors (Lipinski definition) is 0. The zero-order valence-corrected chi connectivity index (χ0v) is 11.7. The van der Waals surface area contributed by atoms with E-state index in [1.165, 1.54) is 19.3 Å². The summed E-state index contributed by atoms with van der Waals surface area (Å²) < 4.78 is 0. The van der Waals surface area contributed by atoms with E-state index >= 15 is 0 Å². The van der Waals surface area contributed by atoms with E-state index in [9.17, 15) is 0 Å². The van der Waals surface area contributed by atoms with E-state index in [-0.39, 0.29) is 38.4 Å². The van der Waals surface area contributed by atoms with Crippen LogP contribution in [0.4, 0.5) is 0 Å². The molecule has 0 spiro atoms. The first-order valence-corrected chi connectivity index (χ1v) is 6.80. The minimum atomic E-state index is 0. The number of hydrogen-bond acceptors (Lipinski definition) is 0. The van der Waals surface area contributed by atoms with Crippen molar-refractivity contribution in [2.75, 3.05) is 0 Å².